The molecule has 0 aromatic heterocycles. The fourth-order valence-corrected chi connectivity index (χ4v) is 2.51. The van der Waals surface area contributed by atoms with Gasteiger partial charge in [0, 0.05) is 23.4 Å². The van der Waals surface area contributed by atoms with Crippen LogP contribution in [0.4, 0.5) is 5.69 Å². The van der Waals surface area contributed by atoms with Gasteiger partial charge in [-0.05, 0) is 24.3 Å². The van der Waals surface area contributed by atoms with E-state index in [0.717, 1.165) is 5.56 Å². The standard InChI is InChI=1S/C19H19NO5/c1-22-16-5-3-4-13(19(16)23-2)6-9-18(21)20-14-7-8-15-17(12-14)25-11-10-24-15/h3-9,12H,10-11H2,1-2H3,(H,20,21). The molecule has 0 fully saturated rings. The highest BCUT2D eigenvalue weighted by Gasteiger charge is 2.12. The van der Waals surface area contributed by atoms with Crippen LogP contribution < -0.4 is 24.3 Å². The number of carbonyl (C=O) groups excluding carboxylic acids is 1. The average molecular weight is 341 g/mol. The Bertz CT molecular complexity index is 800. The molecule has 6 heteroatoms. The summed E-state index contributed by atoms with van der Waals surface area (Å²) < 4.78 is 21.6. The fraction of sp³-hybridized carbons (Fsp3) is 0.211. The summed E-state index contributed by atoms with van der Waals surface area (Å²) in [5, 5.41) is 2.80. The van der Waals surface area contributed by atoms with E-state index >= 15 is 0 Å². The summed E-state index contributed by atoms with van der Waals surface area (Å²) in [6, 6.07) is 10.8. The maximum Gasteiger partial charge on any atom is 0.248 e. The highest BCUT2D eigenvalue weighted by molar-refractivity contribution is 6.02. The van der Waals surface area contributed by atoms with E-state index in [9.17, 15) is 4.79 Å². The summed E-state index contributed by atoms with van der Waals surface area (Å²) >= 11 is 0. The first-order chi connectivity index (χ1) is 12.2. The Morgan fingerprint density at radius 1 is 1.08 bits per heavy atom. The van der Waals surface area contributed by atoms with Crippen molar-refractivity contribution in [1.82, 2.24) is 0 Å². The minimum Gasteiger partial charge on any atom is -0.493 e. The first-order valence-corrected chi connectivity index (χ1v) is 7.81. The summed E-state index contributed by atoms with van der Waals surface area (Å²) in [6.07, 6.45) is 3.11. The number of hydrogen-bond acceptors (Lipinski definition) is 5. The minimum absolute atomic E-state index is 0.262. The number of ether oxygens (including phenoxy) is 4. The van der Waals surface area contributed by atoms with E-state index in [4.69, 9.17) is 18.9 Å². The van der Waals surface area contributed by atoms with E-state index in [1.807, 2.05) is 12.1 Å². The van der Waals surface area contributed by atoms with Gasteiger partial charge in [-0.15, -0.1) is 0 Å². The lowest BCUT2D eigenvalue weighted by Crippen LogP contribution is -2.16. The molecule has 6 nitrogen and oxygen atoms in total. The SMILES string of the molecule is COc1cccc(C=CC(=O)Nc2ccc3c(c2)OCCO3)c1OC. The zero-order chi connectivity index (χ0) is 17.6. The second kappa shape index (κ2) is 7.61. The van der Waals surface area contributed by atoms with E-state index in [2.05, 4.69) is 5.32 Å². The lowest BCUT2D eigenvalue weighted by atomic mass is 10.1. The van der Waals surface area contributed by atoms with E-state index in [1.165, 1.54) is 6.08 Å². The van der Waals surface area contributed by atoms with Crippen LogP contribution in [0.2, 0.25) is 0 Å². The van der Waals surface area contributed by atoms with Gasteiger partial charge in [0.2, 0.25) is 5.91 Å². The Balaban J connectivity index is 1.71. The highest BCUT2D eigenvalue weighted by atomic mass is 16.6. The number of rotatable bonds is 5. The predicted molar refractivity (Wildman–Crippen MR) is 94.6 cm³/mol. The number of carbonyl (C=O) groups is 1. The Kier molecular flexibility index (Phi) is 5.09. The molecule has 0 bridgehead atoms. The van der Waals surface area contributed by atoms with Crippen molar-refractivity contribution < 1.29 is 23.7 Å². The molecule has 0 unspecified atom stereocenters. The predicted octanol–water partition coefficient (Wildman–Crippen LogP) is 3.13. The van der Waals surface area contributed by atoms with Crippen LogP contribution in [-0.2, 0) is 4.79 Å². The van der Waals surface area contributed by atoms with Gasteiger partial charge in [-0.3, -0.25) is 4.79 Å². The van der Waals surface area contributed by atoms with Crippen molar-refractivity contribution >= 4 is 17.7 Å². The van der Waals surface area contributed by atoms with Gasteiger partial charge < -0.3 is 24.3 Å². The third-order valence-electron chi connectivity index (χ3n) is 3.66. The van der Waals surface area contributed by atoms with Gasteiger partial charge in [0.1, 0.15) is 13.2 Å². The summed E-state index contributed by atoms with van der Waals surface area (Å²) in [7, 11) is 3.13. The summed E-state index contributed by atoms with van der Waals surface area (Å²) in [6.45, 7) is 1.03. The fourth-order valence-electron chi connectivity index (χ4n) is 2.51. The molecule has 25 heavy (non-hydrogen) atoms. The molecule has 1 aliphatic rings. The lowest BCUT2D eigenvalue weighted by Gasteiger charge is -2.18. The van der Waals surface area contributed by atoms with Crippen LogP contribution in [0.5, 0.6) is 23.0 Å². The van der Waals surface area contributed by atoms with Crippen molar-refractivity contribution in [1.29, 1.82) is 0 Å². The van der Waals surface area contributed by atoms with Crippen molar-refractivity contribution in [2.24, 2.45) is 0 Å². The maximum absolute atomic E-state index is 12.2. The summed E-state index contributed by atoms with van der Waals surface area (Å²) in [5.74, 6) is 2.23. The van der Waals surface area contributed by atoms with Gasteiger partial charge >= 0.3 is 0 Å². The molecular weight excluding hydrogens is 322 g/mol. The normalized spacial score (nSPS) is 12.7. The van der Waals surface area contributed by atoms with Crippen molar-refractivity contribution in [2.75, 3.05) is 32.8 Å². The van der Waals surface area contributed by atoms with Crippen molar-refractivity contribution in [3.63, 3.8) is 0 Å². The first-order valence-electron chi connectivity index (χ1n) is 7.81. The van der Waals surface area contributed by atoms with Crippen LogP contribution in [0.1, 0.15) is 5.56 Å². The van der Waals surface area contributed by atoms with Crippen LogP contribution in [0.25, 0.3) is 6.08 Å². The lowest BCUT2D eigenvalue weighted by molar-refractivity contribution is -0.111. The van der Waals surface area contributed by atoms with Crippen LogP contribution in [0, 0.1) is 0 Å². The molecular formula is C19H19NO5. The van der Waals surface area contributed by atoms with Crippen LogP contribution in [0.3, 0.4) is 0 Å². The van der Waals surface area contributed by atoms with Gasteiger partial charge in [0.25, 0.3) is 0 Å². The maximum atomic E-state index is 12.2. The number of fused-ring (bicyclic) bond motifs is 1. The van der Waals surface area contributed by atoms with Gasteiger partial charge in [-0.25, -0.2) is 0 Å². The Labute approximate surface area is 146 Å². The topological polar surface area (TPSA) is 66.0 Å². The quantitative estimate of drug-likeness (QED) is 0.847. The average Bonchev–Trinajstić information content (AvgIpc) is 2.65. The third kappa shape index (κ3) is 3.85. The molecule has 0 aliphatic carbocycles. The largest absolute Gasteiger partial charge is 0.493 e. The molecule has 0 atom stereocenters. The Morgan fingerprint density at radius 2 is 1.88 bits per heavy atom. The number of anilines is 1. The second-order valence-corrected chi connectivity index (χ2v) is 5.26. The zero-order valence-corrected chi connectivity index (χ0v) is 14.1. The third-order valence-corrected chi connectivity index (χ3v) is 3.66. The van der Waals surface area contributed by atoms with Crippen molar-refractivity contribution in [3.05, 3.63) is 48.0 Å². The van der Waals surface area contributed by atoms with E-state index in [-0.39, 0.29) is 5.91 Å². The minimum atomic E-state index is -0.262. The first kappa shape index (κ1) is 16.7. The molecule has 0 saturated carbocycles. The molecule has 2 aromatic rings. The smallest absolute Gasteiger partial charge is 0.248 e. The van der Waals surface area contributed by atoms with Gasteiger partial charge in [-0.2, -0.15) is 0 Å². The van der Waals surface area contributed by atoms with E-state index in [1.54, 1.807) is 44.6 Å². The number of benzene rings is 2. The summed E-state index contributed by atoms with van der Waals surface area (Å²) in [5.41, 5.74) is 1.38. The summed E-state index contributed by atoms with van der Waals surface area (Å²) in [4.78, 5) is 12.2. The molecule has 3 rings (SSSR count). The number of para-hydroxylation sites is 1. The van der Waals surface area contributed by atoms with E-state index in [0.29, 0.717) is 41.9 Å². The highest BCUT2D eigenvalue weighted by Crippen LogP contribution is 2.33. The van der Waals surface area contributed by atoms with Gasteiger partial charge in [-0.1, -0.05) is 12.1 Å². The van der Waals surface area contributed by atoms with Gasteiger partial charge in [0.05, 0.1) is 14.2 Å². The Morgan fingerprint density at radius 3 is 2.64 bits per heavy atom. The number of nitrogens with one attached hydrogen (secondary N) is 1. The molecule has 1 aliphatic heterocycles. The molecule has 2 aromatic carbocycles. The molecule has 1 heterocycles. The monoisotopic (exact) mass is 341 g/mol. The van der Waals surface area contributed by atoms with Crippen LogP contribution >= 0.6 is 0 Å². The van der Waals surface area contributed by atoms with Crippen LogP contribution in [-0.4, -0.2) is 33.3 Å². The molecule has 0 spiro atoms. The van der Waals surface area contributed by atoms with E-state index < -0.39 is 0 Å². The molecule has 130 valence electrons. The van der Waals surface area contributed by atoms with Crippen molar-refractivity contribution in [2.45, 2.75) is 0 Å². The van der Waals surface area contributed by atoms with Gasteiger partial charge in [0.15, 0.2) is 23.0 Å². The number of methoxy groups -OCH3 is 2. The molecule has 1 amide bonds. The number of amides is 1. The zero-order valence-electron chi connectivity index (χ0n) is 14.1. The Hall–Kier alpha value is -3.15. The second-order valence-electron chi connectivity index (χ2n) is 5.26. The molecule has 0 saturated heterocycles. The van der Waals surface area contributed by atoms with Crippen molar-refractivity contribution in [3.8, 4) is 23.0 Å². The number of hydrogen-bond donors (Lipinski definition) is 1. The van der Waals surface area contributed by atoms with Crippen LogP contribution in [0.15, 0.2) is 42.5 Å². The molecule has 0 radical (unpaired) electrons. The molecule has 1 N–H and O–H groups in total.